The maximum atomic E-state index is 5.46. The minimum Gasteiger partial charge on any atom is -0.496 e. The molecule has 0 radical (unpaired) electrons. The molecule has 2 rings (SSSR count). The average Bonchev–Trinajstić information content (AvgIpc) is 2.47. The molecule has 4 heteroatoms. The molecule has 1 heterocycles. The number of anilines is 1. The fourth-order valence-corrected chi connectivity index (χ4v) is 2.25. The van der Waals surface area contributed by atoms with Gasteiger partial charge < -0.3 is 10.1 Å². The van der Waals surface area contributed by atoms with Crippen molar-refractivity contribution in [3.63, 3.8) is 0 Å². The average molecular weight is 271 g/mol. The molecule has 0 aliphatic carbocycles. The lowest BCUT2D eigenvalue weighted by Gasteiger charge is -2.13. The van der Waals surface area contributed by atoms with Crippen molar-refractivity contribution in [3.05, 3.63) is 35.0 Å². The molecular weight excluding hydrogens is 250 g/mol. The Labute approximate surface area is 120 Å². The third-order valence-electron chi connectivity index (χ3n) is 3.42. The van der Waals surface area contributed by atoms with Gasteiger partial charge in [0.1, 0.15) is 11.6 Å². The molecule has 2 aromatic rings. The first-order valence-electron chi connectivity index (χ1n) is 6.81. The lowest BCUT2D eigenvalue weighted by Crippen LogP contribution is -2.05. The molecule has 106 valence electrons. The van der Waals surface area contributed by atoms with Crippen LogP contribution in [0.25, 0.3) is 11.4 Å². The molecule has 0 bridgehead atoms. The first kappa shape index (κ1) is 14.3. The maximum absolute atomic E-state index is 5.46. The molecule has 0 amide bonds. The summed E-state index contributed by atoms with van der Waals surface area (Å²) in [5.74, 6) is 2.38. The second-order valence-corrected chi connectivity index (χ2v) is 4.77. The number of aromatic nitrogens is 2. The van der Waals surface area contributed by atoms with Crippen LogP contribution >= 0.6 is 0 Å². The summed E-state index contributed by atoms with van der Waals surface area (Å²) in [5.41, 5.74) is 4.23. The molecule has 0 saturated carbocycles. The zero-order chi connectivity index (χ0) is 14.7. The monoisotopic (exact) mass is 271 g/mol. The predicted octanol–water partition coefficient (Wildman–Crippen LogP) is 3.37. The summed E-state index contributed by atoms with van der Waals surface area (Å²) in [5, 5.41) is 3.14. The number of benzene rings is 1. The predicted molar refractivity (Wildman–Crippen MR) is 82.4 cm³/mol. The van der Waals surface area contributed by atoms with Crippen LogP contribution in [0.15, 0.2) is 18.2 Å². The quantitative estimate of drug-likeness (QED) is 0.926. The molecular formula is C16H21N3O. The van der Waals surface area contributed by atoms with Gasteiger partial charge >= 0.3 is 0 Å². The largest absolute Gasteiger partial charge is 0.496 e. The Morgan fingerprint density at radius 3 is 2.55 bits per heavy atom. The highest BCUT2D eigenvalue weighted by molar-refractivity contribution is 5.67. The first-order valence-corrected chi connectivity index (χ1v) is 6.81. The van der Waals surface area contributed by atoms with Crippen LogP contribution in [0, 0.1) is 13.8 Å². The summed E-state index contributed by atoms with van der Waals surface area (Å²) >= 11 is 0. The molecule has 0 saturated heterocycles. The van der Waals surface area contributed by atoms with Gasteiger partial charge in [-0.15, -0.1) is 0 Å². The van der Waals surface area contributed by atoms with Crippen LogP contribution < -0.4 is 10.1 Å². The fraction of sp³-hybridized carbons (Fsp3) is 0.375. The Kier molecular flexibility index (Phi) is 4.23. The van der Waals surface area contributed by atoms with Crippen LogP contribution in [-0.2, 0) is 6.42 Å². The smallest absolute Gasteiger partial charge is 0.165 e. The summed E-state index contributed by atoms with van der Waals surface area (Å²) < 4.78 is 5.46. The van der Waals surface area contributed by atoms with Gasteiger partial charge in [0.25, 0.3) is 0 Å². The van der Waals surface area contributed by atoms with Gasteiger partial charge in [-0.2, -0.15) is 0 Å². The molecule has 1 N–H and O–H groups in total. The van der Waals surface area contributed by atoms with Crippen molar-refractivity contribution in [1.29, 1.82) is 0 Å². The molecule has 0 spiro atoms. The molecule has 0 aliphatic heterocycles. The standard InChI is InChI=1S/C16H21N3O/c1-6-13-11(3)15(17-4)19-16(18-13)12-8-7-10(2)9-14(12)20-5/h7-9H,6H2,1-5H3,(H,17,18,19). The highest BCUT2D eigenvalue weighted by Crippen LogP contribution is 2.30. The van der Waals surface area contributed by atoms with Crippen LogP contribution in [0.4, 0.5) is 5.82 Å². The van der Waals surface area contributed by atoms with Gasteiger partial charge in [0.05, 0.1) is 12.7 Å². The summed E-state index contributed by atoms with van der Waals surface area (Å²) in [6.07, 6.45) is 0.879. The van der Waals surface area contributed by atoms with E-state index in [9.17, 15) is 0 Å². The highest BCUT2D eigenvalue weighted by Gasteiger charge is 2.13. The molecule has 0 unspecified atom stereocenters. The number of hydrogen-bond acceptors (Lipinski definition) is 4. The van der Waals surface area contributed by atoms with Crippen LogP contribution in [0.3, 0.4) is 0 Å². The number of hydrogen-bond donors (Lipinski definition) is 1. The molecule has 1 aromatic carbocycles. The van der Waals surface area contributed by atoms with Gasteiger partial charge in [0.2, 0.25) is 0 Å². The van der Waals surface area contributed by atoms with Crippen molar-refractivity contribution >= 4 is 5.82 Å². The zero-order valence-corrected chi connectivity index (χ0v) is 12.7. The number of nitrogens with one attached hydrogen (secondary N) is 1. The molecule has 0 fully saturated rings. The van der Waals surface area contributed by atoms with Crippen molar-refractivity contribution in [2.45, 2.75) is 27.2 Å². The Balaban J connectivity index is 2.63. The van der Waals surface area contributed by atoms with Crippen LogP contribution in [0.2, 0.25) is 0 Å². The van der Waals surface area contributed by atoms with Crippen molar-refractivity contribution < 1.29 is 4.74 Å². The minimum absolute atomic E-state index is 0.702. The summed E-state index contributed by atoms with van der Waals surface area (Å²) in [6, 6.07) is 6.06. The van der Waals surface area contributed by atoms with E-state index in [1.54, 1.807) is 7.11 Å². The number of rotatable bonds is 4. The Hall–Kier alpha value is -2.10. The number of aryl methyl sites for hydroxylation is 2. The van der Waals surface area contributed by atoms with E-state index in [1.165, 1.54) is 0 Å². The lowest BCUT2D eigenvalue weighted by atomic mass is 10.1. The SMILES string of the molecule is CCc1nc(-c2ccc(C)cc2OC)nc(NC)c1C. The van der Waals surface area contributed by atoms with Crippen molar-refractivity contribution in [2.75, 3.05) is 19.5 Å². The van der Waals surface area contributed by atoms with Crippen LogP contribution in [0.1, 0.15) is 23.7 Å². The van der Waals surface area contributed by atoms with E-state index in [1.807, 2.05) is 39.1 Å². The number of nitrogens with zero attached hydrogens (tertiary/aromatic N) is 2. The van der Waals surface area contributed by atoms with Crippen molar-refractivity contribution in [3.8, 4) is 17.1 Å². The molecule has 20 heavy (non-hydrogen) atoms. The van der Waals surface area contributed by atoms with Gasteiger partial charge in [-0.25, -0.2) is 9.97 Å². The Morgan fingerprint density at radius 2 is 1.95 bits per heavy atom. The number of methoxy groups -OCH3 is 1. The summed E-state index contributed by atoms with van der Waals surface area (Å²) in [7, 11) is 3.55. The van der Waals surface area contributed by atoms with E-state index in [4.69, 9.17) is 4.74 Å². The maximum Gasteiger partial charge on any atom is 0.165 e. The first-order chi connectivity index (χ1) is 9.60. The van der Waals surface area contributed by atoms with E-state index < -0.39 is 0 Å². The molecule has 0 atom stereocenters. The van der Waals surface area contributed by atoms with E-state index in [2.05, 4.69) is 22.2 Å². The van der Waals surface area contributed by atoms with E-state index in [0.29, 0.717) is 5.82 Å². The highest BCUT2D eigenvalue weighted by atomic mass is 16.5. The normalized spacial score (nSPS) is 10.4. The van der Waals surface area contributed by atoms with Gasteiger partial charge in [0.15, 0.2) is 5.82 Å². The van der Waals surface area contributed by atoms with E-state index in [0.717, 1.165) is 40.4 Å². The topological polar surface area (TPSA) is 47.0 Å². The molecule has 1 aromatic heterocycles. The Morgan fingerprint density at radius 1 is 1.20 bits per heavy atom. The van der Waals surface area contributed by atoms with Crippen LogP contribution in [0.5, 0.6) is 5.75 Å². The second kappa shape index (κ2) is 5.90. The van der Waals surface area contributed by atoms with Crippen LogP contribution in [-0.4, -0.2) is 24.1 Å². The zero-order valence-electron chi connectivity index (χ0n) is 12.7. The van der Waals surface area contributed by atoms with Gasteiger partial charge in [0, 0.05) is 18.3 Å². The third-order valence-corrected chi connectivity index (χ3v) is 3.42. The van der Waals surface area contributed by atoms with Crippen molar-refractivity contribution in [2.24, 2.45) is 0 Å². The minimum atomic E-state index is 0.702. The molecule has 4 nitrogen and oxygen atoms in total. The fourth-order valence-electron chi connectivity index (χ4n) is 2.25. The Bertz CT molecular complexity index is 598. The second-order valence-electron chi connectivity index (χ2n) is 4.77. The number of ether oxygens (including phenoxy) is 1. The van der Waals surface area contributed by atoms with Gasteiger partial charge in [-0.1, -0.05) is 13.0 Å². The van der Waals surface area contributed by atoms with Gasteiger partial charge in [-0.05, 0) is 38.0 Å². The van der Waals surface area contributed by atoms with E-state index in [-0.39, 0.29) is 0 Å². The summed E-state index contributed by atoms with van der Waals surface area (Å²) in [6.45, 7) is 6.19. The molecule has 0 aliphatic rings. The summed E-state index contributed by atoms with van der Waals surface area (Å²) in [4.78, 5) is 9.28. The third kappa shape index (κ3) is 2.59. The lowest BCUT2D eigenvalue weighted by molar-refractivity contribution is 0.416. The van der Waals surface area contributed by atoms with E-state index >= 15 is 0 Å². The van der Waals surface area contributed by atoms with Crippen molar-refractivity contribution in [1.82, 2.24) is 9.97 Å². The van der Waals surface area contributed by atoms with Gasteiger partial charge in [-0.3, -0.25) is 0 Å².